The Balaban J connectivity index is 1.65. The van der Waals surface area contributed by atoms with Crippen LogP contribution in [0.5, 0.6) is 0 Å². The molecule has 1 aliphatic heterocycles. The molecule has 0 spiro atoms. The number of nitrogens with two attached hydrogens (primary N) is 1. The van der Waals surface area contributed by atoms with Crippen LogP contribution < -0.4 is 27.2 Å². The number of aromatic nitrogens is 1. The molecule has 0 saturated heterocycles. The van der Waals surface area contributed by atoms with Crippen LogP contribution in [0, 0.1) is 0 Å². The topological polar surface area (TPSA) is 104 Å². The number of hydrogen-bond acceptors (Lipinski definition) is 6. The van der Waals surface area contributed by atoms with Crippen molar-refractivity contribution in [3.63, 3.8) is 0 Å². The van der Waals surface area contributed by atoms with Gasteiger partial charge in [0.05, 0.1) is 11.3 Å². The number of nitrogens with one attached hydrogen (secondary N) is 4. The maximum Gasteiger partial charge on any atom is 0.257 e. The number of amides is 1. The lowest BCUT2D eigenvalue weighted by molar-refractivity contribution is 0.102. The van der Waals surface area contributed by atoms with Gasteiger partial charge in [-0.25, -0.2) is 10.4 Å². The molecule has 6 N–H and O–H groups in total. The maximum absolute atomic E-state index is 12.8. The number of para-hydroxylation sites is 1. The van der Waals surface area contributed by atoms with Crippen molar-refractivity contribution in [2.75, 3.05) is 21.8 Å². The molecular formula is C19H18N6O. The van der Waals surface area contributed by atoms with Crippen LogP contribution in [0.2, 0.25) is 0 Å². The first-order chi connectivity index (χ1) is 12.7. The number of hydrogen-bond donors (Lipinski definition) is 5. The first-order valence-electron chi connectivity index (χ1n) is 8.20. The molecule has 0 fully saturated rings. The molecule has 1 aromatic heterocycles. The Hall–Kier alpha value is -3.58. The van der Waals surface area contributed by atoms with Crippen molar-refractivity contribution in [3.05, 3.63) is 71.9 Å². The highest BCUT2D eigenvalue weighted by atomic mass is 16.1. The van der Waals surface area contributed by atoms with Gasteiger partial charge in [0.1, 0.15) is 5.82 Å². The van der Waals surface area contributed by atoms with Crippen LogP contribution in [0.1, 0.15) is 15.9 Å². The van der Waals surface area contributed by atoms with E-state index in [1.807, 2.05) is 48.5 Å². The lowest BCUT2D eigenvalue weighted by Crippen LogP contribution is -2.16. The van der Waals surface area contributed by atoms with Crippen molar-refractivity contribution in [1.29, 1.82) is 0 Å². The van der Waals surface area contributed by atoms with Gasteiger partial charge in [0.2, 0.25) is 0 Å². The zero-order valence-electron chi connectivity index (χ0n) is 13.9. The number of carbonyl (C=O) groups is 1. The van der Waals surface area contributed by atoms with E-state index in [9.17, 15) is 4.79 Å². The Morgan fingerprint density at radius 3 is 2.69 bits per heavy atom. The molecule has 3 aromatic rings. The number of carbonyl (C=O) groups excluding carboxylic acids is 1. The highest BCUT2D eigenvalue weighted by molar-refractivity contribution is 6.09. The minimum Gasteiger partial charge on any atom is -0.384 e. The van der Waals surface area contributed by atoms with Crippen molar-refractivity contribution in [2.24, 2.45) is 0 Å². The number of benzene rings is 2. The smallest absolute Gasteiger partial charge is 0.257 e. The number of anilines is 5. The van der Waals surface area contributed by atoms with Crippen LogP contribution in [0.4, 0.5) is 28.6 Å². The second-order valence-electron chi connectivity index (χ2n) is 5.95. The zero-order valence-corrected chi connectivity index (χ0v) is 13.9. The Morgan fingerprint density at radius 1 is 1.04 bits per heavy atom. The number of fused-ring (bicyclic) bond motifs is 1. The third-order valence-electron chi connectivity index (χ3n) is 4.06. The van der Waals surface area contributed by atoms with Crippen molar-refractivity contribution in [3.8, 4) is 0 Å². The van der Waals surface area contributed by atoms with E-state index in [0.717, 1.165) is 28.3 Å². The molecule has 0 atom stereocenters. The van der Waals surface area contributed by atoms with Gasteiger partial charge in [-0.2, -0.15) is 0 Å². The van der Waals surface area contributed by atoms with Crippen LogP contribution in [-0.4, -0.2) is 10.9 Å². The summed E-state index contributed by atoms with van der Waals surface area (Å²) in [6.07, 6.45) is 1.64. The Morgan fingerprint density at radius 2 is 1.88 bits per heavy atom. The molecule has 130 valence electrons. The summed E-state index contributed by atoms with van der Waals surface area (Å²) in [5, 5.41) is 6.20. The number of pyridine rings is 1. The van der Waals surface area contributed by atoms with E-state index in [1.165, 1.54) is 0 Å². The molecule has 7 nitrogen and oxygen atoms in total. The lowest BCUT2D eigenvalue weighted by atomic mass is 10.1. The molecule has 0 saturated carbocycles. The first kappa shape index (κ1) is 15.9. The fourth-order valence-electron chi connectivity index (χ4n) is 2.88. The first-order valence-corrected chi connectivity index (χ1v) is 8.20. The molecule has 1 aliphatic rings. The predicted molar refractivity (Wildman–Crippen MR) is 103 cm³/mol. The summed E-state index contributed by atoms with van der Waals surface area (Å²) < 4.78 is 0. The molecule has 0 unspecified atom stereocenters. The van der Waals surface area contributed by atoms with Gasteiger partial charge in [0, 0.05) is 35.9 Å². The van der Waals surface area contributed by atoms with Gasteiger partial charge in [-0.1, -0.05) is 18.2 Å². The van der Waals surface area contributed by atoms with Gasteiger partial charge in [0.15, 0.2) is 0 Å². The molecule has 4 rings (SSSR count). The standard InChI is InChI=1S/C19H18N6O/c20-17-10-14(6-7-21-17)23-15-8-12-11-22-25-18(12)16(9-15)19(26)24-13-4-2-1-3-5-13/h1-10,22,25H,11H2,(H,24,26)(H3,20,21,23). The summed E-state index contributed by atoms with van der Waals surface area (Å²) in [6, 6.07) is 16.8. The molecular weight excluding hydrogens is 328 g/mol. The van der Waals surface area contributed by atoms with Crippen molar-refractivity contribution in [2.45, 2.75) is 6.54 Å². The maximum atomic E-state index is 12.8. The molecule has 0 bridgehead atoms. The summed E-state index contributed by atoms with van der Waals surface area (Å²) in [5.41, 5.74) is 16.6. The van der Waals surface area contributed by atoms with E-state index >= 15 is 0 Å². The molecule has 26 heavy (non-hydrogen) atoms. The van der Waals surface area contributed by atoms with Gasteiger partial charge >= 0.3 is 0 Å². The van der Waals surface area contributed by atoms with Crippen molar-refractivity contribution < 1.29 is 4.79 Å². The highest BCUT2D eigenvalue weighted by Gasteiger charge is 2.20. The van der Waals surface area contributed by atoms with E-state index in [4.69, 9.17) is 5.73 Å². The Labute approximate surface area is 150 Å². The molecule has 0 aliphatic carbocycles. The van der Waals surface area contributed by atoms with Crippen LogP contribution in [0.15, 0.2) is 60.8 Å². The summed E-state index contributed by atoms with van der Waals surface area (Å²) in [4.78, 5) is 16.8. The normalized spacial score (nSPS) is 12.2. The highest BCUT2D eigenvalue weighted by Crippen LogP contribution is 2.31. The minimum absolute atomic E-state index is 0.179. The summed E-state index contributed by atoms with van der Waals surface area (Å²) >= 11 is 0. The van der Waals surface area contributed by atoms with E-state index in [1.54, 1.807) is 12.3 Å². The predicted octanol–water partition coefficient (Wildman–Crippen LogP) is 3.09. The summed E-state index contributed by atoms with van der Waals surface area (Å²) in [7, 11) is 0. The van der Waals surface area contributed by atoms with Crippen LogP contribution in [0.3, 0.4) is 0 Å². The van der Waals surface area contributed by atoms with Gasteiger partial charge in [-0.05, 0) is 35.9 Å². The number of rotatable bonds is 4. The SMILES string of the molecule is Nc1cc(Nc2cc3c(c(C(=O)Nc4ccccc4)c2)NNC3)ccn1. The molecule has 0 radical (unpaired) electrons. The second kappa shape index (κ2) is 6.73. The third-order valence-corrected chi connectivity index (χ3v) is 4.06. The molecule has 2 aromatic carbocycles. The van der Waals surface area contributed by atoms with E-state index in [0.29, 0.717) is 17.9 Å². The number of nitrogens with zero attached hydrogens (tertiary/aromatic N) is 1. The van der Waals surface area contributed by atoms with Crippen LogP contribution in [-0.2, 0) is 6.54 Å². The monoisotopic (exact) mass is 346 g/mol. The zero-order chi connectivity index (χ0) is 17.9. The molecule has 2 heterocycles. The fraction of sp³-hybridized carbons (Fsp3) is 0.0526. The van der Waals surface area contributed by atoms with E-state index in [2.05, 4.69) is 26.5 Å². The average Bonchev–Trinajstić information content (AvgIpc) is 3.10. The van der Waals surface area contributed by atoms with Crippen LogP contribution in [0.25, 0.3) is 0 Å². The van der Waals surface area contributed by atoms with E-state index in [-0.39, 0.29) is 5.91 Å². The fourth-order valence-corrected chi connectivity index (χ4v) is 2.88. The van der Waals surface area contributed by atoms with Crippen molar-refractivity contribution in [1.82, 2.24) is 10.4 Å². The largest absolute Gasteiger partial charge is 0.384 e. The Kier molecular flexibility index (Phi) is 4.12. The molecule has 7 heteroatoms. The van der Waals surface area contributed by atoms with Gasteiger partial charge < -0.3 is 21.8 Å². The van der Waals surface area contributed by atoms with Gasteiger partial charge in [0.25, 0.3) is 5.91 Å². The van der Waals surface area contributed by atoms with Gasteiger partial charge in [-0.3, -0.25) is 4.79 Å². The lowest BCUT2D eigenvalue weighted by Gasteiger charge is -2.13. The number of hydrazine groups is 1. The molecule has 1 amide bonds. The summed E-state index contributed by atoms with van der Waals surface area (Å²) in [5.74, 6) is 0.253. The third kappa shape index (κ3) is 3.28. The minimum atomic E-state index is -0.179. The second-order valence-corrected chi connectivity index (χ2v) is 5.95. The van der Waals surface area contributed by atoms with Crippen LogP contribution >= 0.6 is 0 Å². The summed E-state index contributed by atoms with van der Waals surface area (Å²) in [6.45, 7) is 0.634. The average molecular weight is 346 g/mol. The van der Waals surface area contributed by atoms with Crippen molar-refractivity contribution >= 4 is 34.5 Å². The van der Waals surface area contributed by atoms with E-state index < -0.39 is 0 Å². The number of nitrogen functional groups attached to an aromatic ring is 1. The quantitative estimate of drug-likeness (QED) is 0.497. The Bertz CT molecular complexity index is 957. The van der Waals surface area contributed by atoms with Gasteiger partial charge in [-0.15, -0.1) is 0 Å².